The number of hydrogen-bond donors (Lipinski definition) is 1. The van der Waals surface area contributed by atoms with Crippen LogP contribution in [0.15, 0.2) is 53.5 Å². The van der Waals surface area contributed by atoms with Gasteiger partial charge in [-0.2, -0.15) is 0 Å². The first kappa shape index (κ1) is 20.9. The van der Waals surface area contributed by atoms with Crippen LogP contribution in [0.4, 0.5) is 0 Å². The molecule has 0 amide bonds. The van der Waals surface area contributed by atoms with E-state index < -0.39 is 0 Å². The Morgan fingerprint density at radius 3 is 2.77 bits per heavy atom. The molecule has 2 aliphatic rings. The van der Waals surface area contributed by atoms with Crippen molar-refractivity contribution >= 4 is 5.96 Å². The van der Waals surface area contributed by atoms with Crippen molar-refractivity contribution in [3.8, 4) is 0 Å². The minimum Gasteiger partial charge on any atom is -0.357 e. The minimum absolute atomic E-state index is 0.634. The lowest BCUT2D eigenvalue weighted by Crippen LogP contribution is -2.56. The average molecular weight is 406 g/mol. The van der Waals surface area contributed by atoms with Crippen molar-refractivity contribution in [2.24, 2.45) is 10.9 Å². The summed E-state index contributed by atoms with van der Waals surface area (Å²) in [5, 5.41) is 3.52. The van der Waals surface area contributed by atoms with E-state index >= 15 is 0 Å². The quantitative estimate of drug-likeness (QED) is 0.606. The van der Waals surface area contributed by atoms with E-state index in [1.165, 1.54) is 31.4 Å². The zero-order valence-corrected chi connectivity index (χ0v) is 18.4. The molecular formula is C25H35N5. The summed E-state index contributed by atoms with van der Waals surface area (Å²) < 4.78 is 0. The summed E-state index contributed by atoms with van der Waals surface area (Å²) in [6, 6.07) is 17.8. The van der Waals surface area contributed by atoms with E-state index in [1.807, 2.05) is 13.0 Å². The lowest BCUT2D eigenvalue weighted by Gasteiger charge is -2.48. The Morgan fingerprint density at radius 1 is 1.10 bits per heavy atom. The molecule has 5 heteroatoms. The molecule has 0 saturated carbocycles. The third-order valence-corrected chi connectivity index (χ3v) is 6.38. The Kier molecular flexibility index (Phi) is 7.00. The third kappa shape index (κ3) is 5.20. The Bertz CT molecular complexity index is 834. The molecule has 30 heavy (non-hydrogen) atoms. The number of pyridine rings is 1. The van der Waals surface area contributed by atoms with E-state index in [4.69, 9.17) is 4.99 Å². The van der Waals surface area contributed by atoms with E-state index in [2.05, 4.69) is 69.5 Å². The Morgan fingerprint density at radius 2 is 1.97 bits per heavy atom. The molecule has 2 unspecified atom stereocenters. The highest BCUT2D eigenvalue weighted by Crippen LogP contribution is 2.31. The van der Waals surface area contributed by atoms with Crippen LogP contribution in [-0.2, 0) is 13.1 Å². The van der Waals surface area contributed by atoms with Crippen molar-refractivity contribution in [2.45, 2.75) is 52.2 Å². The number of likely N-dealkylation sites (tertiary alicyclic amines) is 2. The van der Waals surface area contributed by atoms with Gasteiger partial charge in [-0.05, 0) is 63.3 Å². The van der Waals surface area contributed by atoms with Crippen LogP contribution in [0.5, 0.6) is 0 Å². The monoisotopic (exact) mass is 405 g/mol. The number of nitrogens with one attached hydrogen (secondary N) is 1. The smallest absolute Gasteiger partial charge is 0.194 e. The summed E-state index contributed by atoms with van der Waals surface area (Å²) in [4.78, 5) is 14.7. The van der Waals surface area contributed by atoms with Gasteiger partial charge in [-0.3, -0.25) is 9.88 Å². The molecule has 1 aromatic heterocycles. The molecule has 2 saturated heterocycles. The second kappa shape index (κ2) is 10.1. The molecule has 5 nitrogen and oxygen atoms in total. The molecule has 0 aliphatic carbocycles. The number of benzene rings is 1. The van der Waals surface area contributed by atoms with E-state index in [0.29, 0.717) is 12.6 Å². The van der Waals surface area contributed by atoms with Crippen LogP contribution in [0, 0.1) is 12.8 Å². The zero-order chi connectivity index (χ0) is 20.8. The topological polar surface area (TPSA) is 43.8 Å². The second-order valence-electron chi connectivity index (χ2n) is 8.60. The predicted octanol–water partition coefficient (Wildman–Crippen LogP) is 3.84. The zero-order valence-electron chi connectivity index (χ0n) is 18.4. The minimum atomic E-state index is 0.634. The van der Waals surface area contributed by atoms with Gasteiger partial charge < -0.3 is 10.2 Å². The van der Waals surface area contributed by atoms with Crippen LogP contribution in [0.3, 0.4) is 0 Å². The highest BCUT2D eigenvalue weighted by Gasteiger charge is 2.36. The van der Waals surface area contributed by atoms with Gasteiger partial charge in [0.05, 0.1) is 12.2 Å². The predicted molar refractivity (Wildman–Crippen MR) is 123 cm³/mol. The fraction of sp³-hybridized carbons (Fsp3) is 0.520. The second-order valence-corrected chi connectivity index (χ2v) is 8.60. The van der Waals surface area contributed by atoms with Crippen molar-refractivity contribution in [1.82, 2.24) is 20.1 Å². The summed E-state index contributed by atoms with van der Waals surface area (Å²) in [6.45, 7) is 10.2. The summed E-state index contributed by atoms with van der Waals surface area (Å²) in [7, 11) is 0. The maximum atomic E-state index is 4.93. The Balaban J connectivity index is 1.41. The first-order chi connectivity index (χ1) is 14.7. The molecule has 160 valence electrons. The molecule has 2 fully saturated rings. The lowest BCUT2D eigenvalue weighted by atomic mass is 9.83. The van der Waals surface area contributed by atoms with Gasteiger partial charge in [-0.1, -0.05) is 36.4 Å². The largest absolute Gasteiger partial charge is 0.357 e. The number of hydrogen-bond acceptors (Lipinski definition) is 3. The highest BCUT2D eigenvalue weighted by molar-refractivity contribution is 5.80. The molecule has 0 spiro atoms. The molecule has 0 radical (unpaired) electrons. The van der Waals surface area contributed by atoms with Crippen molar-refractivity contribution in [3.63, 3.8) is 0 Å². The molecule has 3 heterocycles. The summed E-state index contributed by atoms with van der Waals surface area (Å²) in [5.74, 6) is 1.76. The number of aliphatic imine (C=N–C) groups is 1. The first-order valence-corrected chi connectivity index (χ1v) is 11.5. The standard InChI is InChI=1S/C25H35N5/c1-3-26-25(27-17-23-13-7-9-20(2)28-23)30-16-14-24-22(19-30)12-8-15-29(24)18-21-10-5-4-6-11-21/h4-7,9-11,13,22,24H,3,8,12,14-19H2,1-2H3,(H,26,27). The number of guanidine groups is 1. The third-order valence-electron chi connectivity index (χ3n) is 6.38. The van der Waals surface area contributed by atoms with Crippen molar-refractivity contribution in [1.29, 1.82) is 0 Å². The average Bonchev–Trinajstić information content (AvgIpc) is 2.77. The molecule has 0 bridgehead atoms. The van der Waals surface area contributed by atoms with E-state index in [9.17, 15) is 0 Å². The molecule has 2 atom stereocenters. The van der Waals surface area contributed by atoms with Crippen LogP contribution in [0.1, 0.15) is 43.1 Å². The van der Waals surface area contributed by atoms with Gasteiger partial charge in [0.25, 0.3) is 0 Å². The fourth-order valence-corrected chi connectivity index (χ4v) is 4.98. The van der Waals surface area contributed by atoms with Crippen molar-refractivity contribution in [2.75, 3.05) is 26.2 Å². The maximum absolute atomic E-state index is 4.93. The van der Waals surface area contributed by atoms with Gasteiger partial charge in [0, 0.05) is 37.9 Å². The number of rotatable bonds is 5. The van der Waals surface area contributed by atoms with Crippen LogP contribution in [-0.4, -0.2) is 53.0 Å². The normalized spacial score (nSPS) is 22.6. The first-order valence-electron chi connectivity index (χ1n) is 11.5. The van der Waals surface area contributed by atoms with Crippen LogP contribution in [0.2, 0.25) is 0 Å². The number of piperidine rings is 2. The SMILES string of the molecule is CCNC(=NCc1cccc(C)n1)N1CCC2C(CCCN2Cc2ccccc2)C1. The van der Waals surface area contributed by atoms with Gasteiger partial charge in [0.1, 0.15) is 0 Å². The van der Waals surface area contributed by atoms with E-state index in [1.54, 1.807) is 0 Å². The van der Waals surface area contributed by atoms with Gasteiger partial charge >= 0.3 is 0 Å². The molecule has 1 aromatic carbocycles. The van der Waals surface area contributed by atoms with Crippen molar-refractivity contribution in [3.05, 3.63) is 65.5 Å². The number of aryl methyl sites for hydroxylation is 1. The highest BCUT2D eigenvalue weighted by atomic mass is 15.3. The summed E-state index contributed by atoms with van der Waals surface area (Å²) in [5.41, 5.74) is 3.52. The molecule has 2 aromatic rings. The van der Waals surface area contributed by atoms with E-state index in [0.717, 1.165) is 49.4 Å². The number of aromatic nitrogens is 1. The van der Waals surface area contributed by atoms with Crippen LogP contribution >= 0.6 is 0 Å². The van der Waals surface area contributed by atoms with Crippen LogP contribution < -0.4 is 5.32 Å². The fourth-order valence-electron chi connectivity index (χ4n) is 4.98. The lowest BCUT2D eigenvalue weighted by molar-refractivity contribution is 0.0372. The van der Waals surface area contributed by atoms with Gasteiger partial charge in [0.15, 0.2) is 5.96 Å². The Labute approximate surface area is 181 Å². The number of nitrogens with zero attached hydrogens (tertiary/aromatic N) is 4. The van der Waals surface area contributed by atoms with Gasteiger partial charge in [0.2, 0.25) is 0 Å². The summed E-state index contributed by atoms with van der Waals surface area (Å²) >= 11 is 0. The Hall–Kier alpha value is -2.40. The van der Waals surface area contributed by atoms with Gasteiger partial charge in [-0.25, -0.2) is 4.99 Å². The van der Waals surface area contributed by atoms with E-state index in [-0.39, 0.29) is 0 Å². The molecule has 1 N–H and O–H groups in total. The maximum Gasteiger partial charge on any atom is 0.194 e. The van der Waals surface area contributed by atoms with Crippen LogP contribution in [0.25, 0.3) is 0 Å². The molecular weight excluding hydrogens is 370 g/mol. The van der Waals surface area contributed by atoms with Crippen molar-refractivity contribution < 1.29 is 0 Å². The molecule has 4 rings (SSSR count). The molecule has 2 aliphatic heterocycles. The number of fused-ring (bicyclic) bond motifs is 1. The summed E-state index contributed by atoms with van der Waals surface area (Å²) in [6.07, 6.45) is 3.83. The van der Waals surface area contributed by atoms with Gasteiger partial charge in [-0.15, -0.1) is 0 Å².